The SMILES string of the molecule is Cn1c(=O)ccn([C@@H]2C[C@H](CO)[C@@H](O)[C@H]2O)c1=O. The van der Waals surface area contributed by atoms with Crippen molar-refractivity contribution in [2.45, 2.75) is 24.7 Å². The van der Waals surface area contributed by atoms with Gasteiger partial charge in [-0.1, -0.05) is 0 Å². The van der Waals surface area contributed by atoms with E-state index in [1.165, 1.54) is 23.9 Å². The molecular formula is C11H16N2O5. The van der Waals surface area contributed by atoms with Crippen LogP contribution in [-0.4, -0.2) is 43.3 Å². The van der Waals surface area contributed by atoms with Crippen molar-refractivity contribution in [3.63, 3.8) is 0 Å². The van der Waals surface area contributed by atoms with Crippen LogP contribution >= 0.6 is 0 Å². The van der Waals surface area contributed by atoms with Gasteiger partial charge in [0.25, 0.3) is 5.56 Å². The zero-order chi connectivity index (χ0) is 13.4. The minimum Gasteiger partial charge on any atom is -0.396 e. The normalized spacial score (nSPS) is 31.8. The Morgan fingerprint density at radius 3 is 2.56 bits per heavy atom. The highest BCUT2D eigenvalue weighted by atomic mass is 16.3. The molecule has 4 atom stereocenters. The summed E-state index contributed by atoms with van der Waals surface area (Å²) in [6.45, 7) is -0.255. The van der Waals surface area contributed by atoms with Gasteiger partial charge in [0, 0.05) is 31.8 Å². The maximum atomic E-state index is 11.9. The smallest absolute Gasteiger partial charge is 0.331 e. The van der Waals surface area contributed by atoms with Crippen molar-refractivity contribution < 1.29 is 15.3 Å². The van der Waals surface area contributed by atoms with Crippen molar-refractivity contribution in [2.75, 3.05) is 6.61 Å². The molecule has 0 bridgehead atoms. The second-order valence-electron chi connectivity index (χ2n) is 4.63. The van der Waals surface area contributed by atoms with E-state index in [1.807, 2.05) is 0 Å². The van der Waals surface area contributed by atoms with Crippen LogP contribution in [0.25, 0.3) is 0 Å². The molecule has 0 amide bonds. The summed E-state index contributed by atoms with van der Waals surface area (Å²) in [5, 5.41) is 28.7. The van der Waals surface area contributed by atoms with E-state index in [9.17, 15) is 19.8 Å². The Labute approximate surface area is 103 Å². The molecule has 1 aromatic heterocycles. The zero-order valence-electron chi connectivity index (χ0n) is 9.93. The minimum atomic E-state index is -1.13. The number of aliphatic hydroxyl groups excluding tert-OH is 3. The molecule has 100 valence electrons. The third-order valence-corrected chi connectivity index (χ3v) is 3.58. The Morgan fingerprint density at radius 1 is 1.33 bits per heavy atom. The van der Waals surface area contributed by atoms with Gasteiger partial charge in [0.1, 0.15) is 6.10 Å². The monoisotopic (exact) mass is 256 g/mol. The van der Waals surface area contributed by atoms with E-state index < -0.39 is 35.4 Å². The average Bonchev–Trinajstić information content (AvgIpc) is 2.64. The molecule has 1 aliphatic carbocycles. The maximum Gasteiger partial charge on any atom is 0.331 e. The molecule has 3 N–H and O–H groups in total. The number of hydrogen-bond donors (Lipinski definition) is 3. The maximum absolute atomic E-state index is 11.9. The summed E-state index contributed by atoms with van der Waals surface area (Å²) in [5.41, 5.74) is -0.972. The minimum absolute atomic E-state index is 0.255. The molecule has 0 aromatic carbocycles. The van der Waals surface area contributed by atoms with Gasteiger partial charge >= 0.3 is 5.69 Å². The van der Waals surface area contributed by atoms with E-state index in [4.69, 9.17) is 5.11 Å². The number of rotatable bonds is 2. The summed E-state index contributed by atoms with van der Waals surface area (Å²) in [6.07, 6.45) is -0.594. The number of aliphatic hydroxyl groups is 3. The van der Waals surface area contributed by atoms with Crippen LogP contribution in [0.1, 0.15) is 12.5 Å². The van der Waals surface area contributed by atoms with Crippen molar-refractivity contribution in [3.05, 3.63) is 33.1 Å². The largest absolute Gasteiger partial charge is 0.396 e. The quantitative estimate of drug-likeness (QED) is 0.558. The van der Waals surface area contributed by atoms with Crippen LogP contribution < -0.4 is 11.2 Å². The van der Waals surface area contributed by atoms with Crippen LogP contribution in [0, 0.1) is 5.92 Å². The van der Waals surface area contributed by atoms with Crippen molar-refractivity contribution in [3.8, 4) is 0 Å². The summed E-state index contributed by atoms with van der Waals surface area (Å²) >= 11 is 0. The molecular weight excluding hydrogens is 240 g/mol. The molecule has 0 saturated heterocycles. The van der Waals surface area contributed by atoms with Gasteiger partial charge < -0.3 is 15.3 Å². The Bertz CT molecular complexity index is 549. The Balaban J connectivity index is 2.42. The van der Waals surface area contributed by atoms with E-state index >= 15 is 0 Å². The predicted molar refractivity (Wildman–Crippen MR) is 62.2 cm³/mol. The summed E-state index contributed by atoms with van der Waals surface area (Å²) < 4.78 is 2.16. The Morgan fingerprint density at radius 2 is 2.00 bits per heavy atom. The lowest BCUT2D eigenvalue weighted by atomic mass is 10.1. The van der Waals surface area contributed by atoms with E-state index in [2.05, 4.69) is 0 Å². The van der Waals surface area contributed by atoms with Crippen molar-refractivity contribution in [2.24, 2.45) is 13.0 Å². The van der Waals surface area contributed by atoms with Crippen LogP contribution in [0.2, 0.25) is 0 Å². The van der Waals surface area contributed by atoms with Gasteiger partial charge in [-0.15, -0.1) is 0 Å². The fraction of sp³-hybridized carbons (Fsp3) is 0.636. The van der Waals surface area contributed by atoms with Crippen molar-refractivity contribution >= 4 is 0 Å². The van der Waals surface area contributed by atoms with E-state index in [1.54, 1.807) is 0 Å². The van der Waals surface area contributed by atoms with E-state index in [-0.39, 0.29) is 13.0 Å². The van der Waals surface area contributed by atoms with Gasteiger partial charge in [-0.3, -0.25) is 13.9 Å². The molecule has 7 nitrogen and oxygen atoms in total. The standard InChI is InChI=1S/C11H16N2O5/c1-12-8(15)2-3-13(11(12)18)7-4-6(5-14)9(16)10(7)17/h2-3,6-7,9-10,14,16-17H,4-5H2,1H3/t6-,7-,9-,10+/m1/s1. The molecule has 1 heterocycles. The number of aromatic nitrogens is 2. The lowest BCUT2D eigenvalue weighted by molar-refractivity contribution is -0.00467. The highest BCUT2D eigenvalue weighted by molar-refractivity contribution is 4.98. The van der Waals surface area contributed by atoms with Crippen LogP contribution in [-0.2, 0) is 7.05 Å². The Kier molecular flexibility index (Phi) is 3.38. The van der Waals surface area contributed by atoms with Crippen LogP contribution in [0.3, 0.4) is 0 Å². The van der Waals surface area contributed by atoms with Crippen LogP contribution in [0.4, 0.5) is 0 Å². The summed E-state index contributed by atoms with van der Waals surface area (Å²) in [7, 11) is 1.35. The molecule has 2 rings (SSSR count). The van der Waals surface area contributed by atoms with Gasteiger partial charge in [0.15, 0.2) is 0 Å². The first-order valence-electron chi connectivity index (χ1n) is 5.72. The first kappa shape index (κ1) is 13.0. The molecule has 0 spiro atoms. The first-order chi connectivity index (χ1) is 8.47. The topological polar surface area (TPSA) is 105 Å². The molecule has 18 heavy (non-hydrogen) atoms. The summed E-state index contributed by atoms with van der Waals surface area (Å²) in [5.74, 6) is -0.464. The molecule has 7 heteroatoms. The summed E-state index contributed by atoms with van der Waals surface area (Å²) in [6, 6.07) is 0.601. The highest BCUT2D eigenvalue weighted by Crippen LogP contribution is 2.33. The molecule has 0 aliphatic heterocycles. The first-order valence-corrected chi connectivity index (χ1v) is 5.72. The molecule has 1 saturated carbocycles. The van der Waals surface area contributed by atoms with Crippen LogP contribution in [0.15, 0.2) is 21.9 Å². The lowest BCUT2D eigenvalue weighted by Crippen LogP contribution is -2.41. The summed E-state index contributed by atoms with van der Waals surface area (Å²) in [4.78, 5) is 23.2. The van der Waals surface area contributed by atoms with Gasteiger partial charge in [-0.05, 0) is 6.42 Å². The van der Waals surface area contributed by atoms with E-state index in [0.29, 0.717) is 0 Å². The predicted octanol–water partition coefficient (Wildman–Crippen LogP) is -2.18. The highest BCUT2D eigenvalue weighted by Gasteiger charge is 2.42. The fourth-order valence-electron chi connectivity index (χ4n) is 2.40. The second-order valence-corrected chi connectivity index (χ2v) is 4.63. The number of nitrogens with zero attached hydrogens (tertiary/aromatic N) is 2. The molecule has 0 unspecified atom stereocenters. The molecule has 1 aliphatic rings. The average molecular weight is 256 g/mol. The molecule has 1 aromatic rings. The van der Waals surface area contributed by atoms with Gasteiger partial charge in [-0.2, -0.15) is 0 Å². The van der Waals surface area contributed by atoms with Crippen LogP contribution in [0.5, 0.6) is 0 Å². The lowest BCUT2D eigenvalue weighted by Gasteiger charge is -2.19. The molecule has 0 radical (unpaired) electrons. The van der Waals surface area contributed by atoms with Crippen molar-refractivity contribution in [1.29, 1.82) is 0 Å². The van der Waals surface area contributed by atoms with Gasteiger partial charge in [0.05, 0.1) is 12.1 Å². The fourth-order valence-corrected chi connectivity index (χ4v) is 2.40. The van der Waals surface area contributed by atoms with Crippen molar-refractivity contribution in [1.82, 2.24) is 9.13 Å². The Hall–Kier alpha value is -1.44. The van der Waals surface area contributed by atoms with Gasteiger partial charge in [-0.25, -0.2) is 4.79 Å². The third kappa shape index (κ3) is 1.90. The van der Waals surface area contributed by atoms with Gasteiger partial charge in [0.2, 0.25) is 0 Å². The second kappa shape index (κ2) is 4.68. The molecule has 1 fully saturated rings. The zero-order valence-corrected chi connectivity index (χ0v) is 9.93. The number of hydrogen-bond acceptors (Lipinski definition) is 5. The third-order valence-electron chi connectivity index (χ3n) is 3.58. The van der Waals surface area contributed by atoms with E-state index in [0.717, 1.165) is 4.57 Å².